The van der Waals surface area contributed by atoms with Crippen LogP contribution in [0, 0.1) is 5.92 Å². The molecule has 4 nitrogen and oxygen atoms in total. The normalized spacial score (nSPS) is 23.0. The number of halogens is 3. The van der Waals surface area contributed by atoms with Crippen molar-refractivity contribution in [1.82, 2.24) is 4.90 Å². The van der Waals surface area contributed by atoms with Crippen molar-refractivity contribution in [2.24, 2.45) is 11.7 Å². The molecule has 0 aromatic heterocycles. The number of nitrogens with two attached hydrogens (primary N) is 1. The molecule has 1 aliphatic rings. The summed E-state index contributed by atoms with van der Waals surface area (Å²) in [5, 5.41) is 2.51. The van der Waals surface area contributed by atoms with Crippen molar-refractivity contribution < 1.29 is 18.0 Å². The van der Waals surface area contributed by atoms with E-state index in [0.717, 1.165) is 12.1 Å². The number of likely N-dealkylation sites (tertiary alicyclic amines) is 1. The van der Waals surface area contributed by atoms with Gasteiger partial charge in [0.1, 0.15) is 0 Å². The highest BCUT2D eigenvalue weighted by Gasteiger charge is 2.31. The van der Waals surface area contributed by atoms with Crippen LogP contribution in [0.5, 0.6) is 0 Å². The van der Waals surface area contributed by atoms with Gasteiger partial charge in [-0.3, -0.25) is 0 Å². The average Bonchev–Trinajstić information content (AvgIpc) is 2.41. The van der Waals surface area contributed by atoms with E-state index >= 15 is 0 Å². The molecule has 2 amide bonds. The minimum absolute atomic E-state index is 0.0580. The van der Waals surface area contributed by atoms with Crippen LogP contribution in [-0.4, -0.2) is 30.1 Å². The molecular formula is C14H18F3N3O. The molecule has 3 N–H and O–H groups in total. The van der Waals surface area contributed by atoms with E-state index < -0.39 is 17.8 Å². The Morgan fingerprint density at radius 3 is 2.76 bits per heavy atom. The molecule has 0 bridgehead atoms. The second-order valence-electron chi connectivity index (χ2n) is 5.38. The molecule has 0 radical (unpaired) electrons. The molecule has 0 spiro atoms. The maximum atomic E-state index is 12.6. The van der Waals surface area contributed by atoms with Crippen LogP contribution in [0.2, 0.25) is 0 Å². The number of carbonyl (C=O) groups excluding carboxylic acids is 1. The van der Waals surface area contributed by atoms with E-state index in [2.05, 4.69) is 5.32 Å². The van der Waals surface area contributed by atoms with Gasteiger partial charge in [0.25, 0.3) is 0 Å². The average molecular weight is 301 g/mol. The van der Waals surface area contributed by atoms with Gasteiger partial charge in [0.15, 0.2) is 0 Å². The Morgan fingerprint density at radius 2 is 2.14 bits per heavy atom. The molecule has 1 aromatic rings. The van der Waals surface area contributed by atoms with E-state index in [0.29, 0.717) is 19.5 Å². The standard InChI is InChI=1S/C14H18F3N3O/c1-9-8-20(6-5-12(9)18)13(21)19-11-4-2-3-10(7-11)14(15,16)17/h2-4,7,9,12H,5-6,8,18H2,1H3,(H,19,21). The van der Waals surface area contributed by atoms with Crippen LogP contribution in [0.25, 0.3) is 0 Å². The van der Waals surface area contributed by atoms with Gasteiger partial charge in [-0.15, -0.1) is 0 Å². The quantitative estimate of drug-likeness (QED) is 0.838. The van der Waals surface area contributed by atoms with Gasteiger partial charge in [-0.25, -0.2) is 4.79 Å². The van der Waals surface area contributed by atoms with Crippen molar-refractivity contribution in [2.45, 2.75) is 25.6 Å². The summed E-state index contributed by atoms with van der Waals surface area (Å²) in [6, 6.07) is 4.27. The molecule has 1 aromatic carbocycles. The van der Waals surface area contributed by atoms with Crippen LogP contribution >= 0.6 is 0 Å². The smallest absolute Gasteiger partial charge is 0.327 e. The summed E-state index contributed by atoms with van der Waals surface area (Å²) in [7, 11) is 0. The first kappa shape index (κ1) is 15.6. The number of hydrogen-bond donors (Lipinski definition) is 2. The summed E-state index contributed by atoms with van der Waals surface area (Å²) in [4.78, 5) is 13.7. The van der Waals surface area contributed by atoms with Gasteiger partial charge in [-0.1, -0.05) is 13.0 Å². The first-order valence-electron chi connectivity index (χ1n) is 6.76. The van der Waals surface area contributed by atoms with Gasteiger partial charge in [0, 0.05) is 24.8 Å². The summed E-state index contributed by atoms with van der Waals surface area (Å²) >= 11 is 0. The third-order valence-corrected chi connectivity index (χ3v) is 3.70. The summed E-state index contributed by atoms with van der Waals surface area (Å²) in [5.41, 5.74) is 5.23. The molecule has 2 atom stereocenters. The Hall–Kier alpha value is -1.76. The summed E-state index contributed by atoms with van der Waals surface area (Å²) in [6.07, 6.45) is -3.73. The zero-order valence-electron chi connectivity index (χ0n) is 11.7. The SMILES string of the molecule is CC1CN(C(=O)Nc2cccc(C(F)(F)F)c2)CCC1N. The van der Waals surface area contributed by atoms with Crippen molar-refractivity contribution >= 4 is 11.7 Å². The molecule has 1 fully saturated rings. The number of nitrogens with one attached hydrogen (secondary N) is 1. The van der Waals surface area contributed by atoms with E-state index in [4.69, 9.17) is 5.73 Å². The highest BCUT2D eigenvalue weighted by molar-refractivity contribution is 5.89. The Kier molecular flexibility index (Phi) is 4.41. The lowest BCUT2D eigenvalue weighted by Crippen LogP contribution is -2.49. The zero-order valence-corrected chi connectivity index (χ0v) is 11.7. The fourth-order valence-electron chi connectivity index (χ4n) is 2.32. The summed E-state index contributed by atoms with van der Waals surface area (Å²) in [6.45, 7) is 2.97. The molecule has 1 aliphatic heterocycles. The molecule has 2 rings (SSSR count). The topological polar surface area (TPSA) is 58.4 Å². The van der Waals surface area contributed by atoms with Crippen molar-refractivity contribution in [3.05, 3.63) is 29.8 Å². The van der Waals surface area contributed by atoms with Crippen LogP contribution in [-0.2, 0) is 6.18 Å². The lowest BCUT2D eigenvalue weighted by molar-refractivity contribution is -0.137. The van der Waals surface area contributed by atoms with E-state index in [1.807, 2.05) is 6.92 Å². The van der Waals surface area contributed by atoms with Crippen molar-refractivity contribution in [3.63, 3.8) is 0 Å². The number of anilines is 1. The molecule has 0 aliphatic carbocycles. The molecule has 21 heavy (non-hydrogen) atoms. The highest BCUT2D eigenvalue weighted by atomic mass is 19.4. The maximum absolute atomic E-state index is 12.6. The van der Waals surface area contributed by atoms with Crippen LogP contribution in [0.15, 0.2) is 24.3 Å². The van der Waals surface area contributed by atoms with E-state index in [1.165, 1.54) is 12.1 Å². The number of carbonyl (C=O) groups is 1. The van der Waals surface area contributed by atoms with Gasteiger partial charge in [-0.05, 0) is 30.5 Å². The van der Waals surface area contributed by atoms with Crippen LogP contribution in [0.1, 0.15) is 18.9 Å². The van der Waals surface area contributed by atoms with Gasteiger partial charge in [-0.2, -0.15) is 13.2 Å². The summed E-state index contributed by atoms with van der Waals surface area (Å²) < 4.78 is 37.9. The Labute approximate surface area is 121 Å². The van der Waals surface area contributed by atoms with Gasteiger partial charge < -0.3 is 16.0 Å². The number of urea groups is 1. The first-order valence-corrected chi connectivity index (χ1v) is 6.76. The second kappa shape index (κ2) is 5.93. The highest BCUT2D eigenvalue weighted by Crippen LogP contribution is 2.30. The number of nitrogens with zero attached hydrogens (tertiary/aromatic N) is 1. The molecule has 7 heteroatoms. The van der Waals surface area contributed by atoms with E-state index in [-0.39, 0.29) is 17.6 Å². The molecule has 0 saturated carbocycles. The number of benzene rings is 1. The van der Waals surface area contributed by atoms with Gasteiger partial charge >= 0.3 is 12.2 Å². The van der Waals surface area contributed by atoms with Crippen LogP contribution in [0.4, 0.5) is 23.7 Å². The largest absolute Gasteiger partial charge is 0.416 e. The lowest BCUT2D eigenvalue weighted by atomic mass is 9.95. The first-order chi connectivity index (χ1) is 9.77. The van der Waals surface area contributed by atoms with Crippen molar-refractivity contribution in [2.75, 3.05) is 18.4 Å². The van der Waals surface area contributed by atoms with Crippen LogP contribution < -0.4 is 11.1 Å². The van der Waals surface area contributed by atoms with E-state index in [1.54, 1.807) is 4.90 Å². The third-order valence-electron chi connectivity index (χ3n) is 3.70. The Balaban J connectivity index is 2.03. The minimum Gasteiger partial charge on any atom is -0.327 e. The Morgan fingerprint density at radius 1 is 1.43 bits per heavy atom. The molecule has 2 unspecified atom stereocenters. The lowest BCUT2D eigenvalue weighted by Gasteiger charge is -2.35. The third kappa shape index (κ3) is 3.87. The number of rotatable bonds is 1. The van der Waals surface area contributed by atoms with E-state index in [9.17, 15) is 18.0 Å². The predicted octanol–water partition coefficient (Wildman–Crippen LogP) is 2.91. The molecular weight excluding hydrogens is 283 g/mol. The molecule has 1 heterocycles. The number of alkyl halides is 3. The van der Waals surface area contributed by atoms with Gasteiger partial charge in [0.2, 0.25) is 0 Å². The maximum Gasteiger partial charge on any atom is 0.416 e. The molecule has 1 saturated heterocycles. The van der Waals surface area contributed by atoms with Crippen LogP contribution in [0.3, 0.4) is 0 Å². The molecule has 116 valence electrons. The summed E-state index contributed by atoms with van der Waals surface area (Å²) in [5.74, 6) is 0.172. The number of hydrogen-bond acceptors (Lipinski definition) is 2. The Bertz CT molecular complexity index is 518. The minimum atomic E-state index is -4.42. The van der Waals surface area contributed by atoms with Crippen molar-refractivity contribution in [1.29, 1.82) is 0 Å². The number of amides is 2. The fraction of sp³-hybridized carbons (Fsp3) is 0.500. The van der Waals surface area contributed by atoms with Gasteiger partial charge in [0.05, 0.1) is 5.56 Å². The monoisotopic (exact) mass is 301 g/mol. The second-order valence-corrected chi connectivity index (χ2v) is 5.38. The predicted molar refractivity (Wildman–Crippen MR) is 73.8 cm³/mol. The number of piperidine rings is 1. The fourth-order valence-corrected chi connectivity index (χ4v) is 2.32. The zero-order chi connectivity index (χ0) is 15.6. The van der Waals surface area contributed by atoms with Crippen molar-refractivity contribution in [3.8, 4) is 0 Å².